The SMILES string of the molecule is COc1ccc(C)cc1N([C@@H](C)C(=O)Nc1nnc(SCC(C)C)s1)S(C)(=O)=O. The number of anilines is 2. The number of methoxy groups -OCH3 is 1. The van der Waals surface area contributed by atoms with Crippen LogP contribution in [0, 0.1) is 12.8 Å². The van der Waals surface area contributed by atoms with Crippen molar-refractivity contribution in [3.05, 3.63) is 23.8 Å². The monoisotopic (exact) mass is 458 g/mol. The van der Waals surface area contributed by atoms with E-state index in [9.17, 15) is 13.2 Å². The summed E-state index contributed by atoms with van der Waals surface area (Å²) in [7, 11) is -2.31. The van der Waals surface area contributed by atoms with Gasteiger partial charge in [0.05, 0.1) is 19.1 Å². The van der Waals surface area contributed by atoms with E-state index in [1.54, 1.807) is 23.9 Å². The Bertz CT molecular complexity index is 960. The summed E-state index contributed by atoms with van der Waals surface area (Å²) in [6.07, 6.45) is 1.06. The molecule has 0 fully saturated rings. The normalized spacial score (nSPS) is 12.7. The minimum absolute atomic E-state index is 0.308. The Hall–Kier alpha value is -1.85. The van der Waals surface area contributed by atoms with Crippen LogP contribution in [-0.2, 0) is 14.8 Å². The van der Waals surface area contributed by atoms with Gasteiger partial charge in [-0.1, -0.05) is 43.0 Å². The number of hydrogen-bond acceptors (Lipinski definition) is 8. The van der Waals surface area contributed by atoms with E-state index in [0.29, 0.717) is 22.5 Å². The summed E-state index contributed by atoms with van der Waals surface area (Å²) >= 11 is 2.83. The number of aryl methyl sites for hydroxylation is 1. The Kier molecular flexibility index (Phi) is 7.89. The number of sulfonamides is 1. The van der Waals surface area contributed by atoms with Crippen LogP contribution >= 0.6 is 23.1 Å². The fourth-order valence-corrected chi connectivity index (χ4v) is 5.42. The second kappa shape index (κ2) is 9.77. The van der Waals surface area contributed by atoms with Crippen LogP contribution < -0.4 is 14.4 Å². The molecule has 0 saturated carbocycles. The highest BCUT2D eigenvalue weighted by Crippen LogP contribution is 2.33. The zero-order valence-corrected chi connectivity index (χ0v) is 19.7. The number of hydrogen-bond donors (Lipinski definition) is 1. The number of thioether (sulfide) groups is 1. The molecule has 1 N–H and O–H groups in total. The lowest BCUT2D eigenvalue weighted by molar-refractivity contribution is -0.116. The molecule has 1 heterocycles. The summed E-state index contributed by atoms with van der Waals surface area (Å²) in [6.45, 7) is 7.58. The van der Waals surface area contributed by atoms with Crippen LogP contribution in [0.3, 0.4) is 0 Å². The first kappa shape index (κ1) is 23.4. The molecule has 0 aliphatic heterocycles. The van der Waals surface area contributed by atoms with Crippen LogP contribution in [0.5, 0.6) is 5.75 Å². The topological polar surface area (TPSA) is 101 Å². The van der Waals surface area contributed by atoms with E-state index >= 15 is 0 Å². The van der Waals surface area contributed by atoms with Crippen molar-refractivity contribution in [2.75, 3.05) is 28.7 Å². The highest BCUT2D eigenvalue weighted by atomic mass is 32.2. The number of amides is 1. The molecule has 160 valence electrons. The molecule has 0 aliphatic carbocycles. The Morgan fingerprint density at radius 1 is 1.31 bits per heavy atom. The van der Waals surface area contributed by atoms with Crippen LogP contribution in [0.25, 0.3) is 0 Å². The van der Waals surface area contributed by atoms with Crippen LogP contribution in [0.2, 0.25) is 0 Å². The van der Waals surface area contributed by atoms with Gasteiger partial charge < -0.3 is 4.74 Å². The van der Waals surface area contributed by atoms with E-state index in [1.807, 2.05) is 13.0 Å². The summed E-state index contributed by atoms with van der Waals surface area (Å²) in [5.74, 6) is 1.27. The molecule has 1 aromatic heterocycles. The number of carbonyl (C=O) groups is 1. The molecule has 0 unspecified atom stereocenters. The molecular formula is C18H26N4O4S3. The Balaban J connectivity index is 2.25. The molecule has 0 aliphatic rings. The summed E-state index contributed by atoms with van der Waals surface area (Å²) < 4.78 is 32.2. The molecule has 1 atom stereocenters. The minimum Gasteiger partial charge on any atom is -0.495 e. The average Bonchev–Trinajstić information content (AvgIpc) is 3.06. The zero-order valence-electron chi connectivity index (χ0n) is 17.3. The predicted molar refractivity (Wildman–Crippen MR) is 119 cm³/mol. The van der Waals surface area contributed by atoms with Gasteiger partial charge in [0.1, 0.15) is 11.8 Å². The quantitative estimate of drug-likeness (QED) is 0.454. The van der Waals surface area contributed by atoms with Gasteiger partial charge in [-0.3, -0.25) is 14.4 Å². The highest BCUT2D eigenvalue weighted by Gasteiger charge is 2.32. The second-order valence-corrected chi connectivity index (χ2v) is 11.1. The molecule has 0 bridgehead atoms. The van der Waals surface area contributed by atoms with E-state index in [2.05, 4.69) is 29.4 Å². The number of aromatic nitrogens is 2. The largest absolute Gasteiger partial charge is 0.495 e. The smallest absolute Gasteiger partial charge is 0.249 e. The average molecular weight is 459 g/mol. The first-order valence-electron chi connectivity index (χ1n) is 8.94. The maximum absolute atomic E-state index is 12.8. The van der Waals surface area contributed by atoms with Gasteiger partial charge in [-0.15, -0.1) is 10.2 Å². The van der Waals surface area contributed by atoms with Crippen molar-refractivity contribution in [1.29, 1.82) is 0 Å². The molecule has 0 saturated heterocycles. The van der Waals surface area contributed by atoms with Gasteiger partial charge in [0.25, 0.3) is 0 Å². The maximum Gasteiger partial charge on any atom is 0.249 e. The van der Waals surface area contributed by atoms with Gasteiger partial charge in [-0.25, -0.2) is 8.42 Å². The van der Waals surface area contributed by atoms with Gasteiger partial charge in [-0.05, 0) is 37.5 Å². The number of ether oxygens (including phenoxy) is 1. The van der Waals surface area contributed by atoms with Crippen molar-refractivity contribution in [3.63, 3.8) is 0 Å². The summed E-state index contributed by atoms with van der Waals surface area (Å²) in [5.41, 5.74) is 1.15. The fraction of sp³-hybridized carbons (Fsp3) is 0.500. The lowest BCUT2D eigenvalue weighted by Gasteiger charge is -2.29. The maximum atomic E-state index is 12.8. The standard InChI is InChI=1S/C18H26N4O4S3/c1-11(2)10-27-18-21-20-17(28-18)19-16(23)13(4)22(29(6,24)25)14-9-12(3)7-8-15(14)26-5/h7-9,11,13H,10H2,1-6H3,(H,19,20,23)/t13-/m0/s1. The number of rotatable bonds is 9. The Morgan fingerprint density at radius 2 is 2.00 bits per heavy atom. The first-order valence-corrected chi connectivity index (χ1v) is 12.6. The van der Waals surface area contributed by atoms with E-state index in [-0.39, 0.29) is 0 Å². The molecule has 1 amide bonds. The molecule has 1 aromatic carbocycles. The van der Waals surface area contributed by atoms with Gasteiger partial charge in [0.15, 0.2) is 4.34 Å². The lowest BCUT2D eigenvalue weighted by atomic mass is 10.2. The Labute approximate surface area is 180 Å². The number of nitrogens with one attached hydrogen (secondary N) is 1. The van der Waals surface area contributed by atoms with Crippen molar-refractivity contribution in [3.8, 4) is 5.75 Å². The number of benzene rings is 1. The number of nitrogens with zero attached hydrogens (tertiary/aromatic N) is 3. The van der Waals surface area contributed by atoms with E-state index in [4.69, 9.17) is 4.74 Å². The van der Waals surface area contributed by atoms with Gasteiger partial charge in [0.2, 0.25) is 21.1 Å². The molecule has 11 heteroatoms. The molecule has 8 nitrogen and oxygen atoms in total. The lowest BCUT2D eigenvalue weighted by Crippen LogP contribution is -2.45. The third kappa shape index (κ3) is 6.31. The van der Waals surface area contributed by atoms with E-state index in [0.717, 1.165) is 26.2 Å². The zero-order chi connectivity index (χ0) is 21.8. The highest BCUT2D eigenvalue weighted by molar-refractivity contribution is 8.01. The van der Waals surface area contributed by atoms with E-state index in [1.165, 1.54) is 25.4 Å². The molecule has 0 radical (unpaired) electrons. The number of carbonyl (C=O) groups excluding carboxylic acids is 1. The van der Waals surface area contributed by atoms with Crippen LogP contribution in [0.4, 0.5) is 10.8 Å². The van der Waals surface area contributed by atoms with Crippen molar-refractivity contribution in [1.82, 2.24) is 10.2 Å². The molecule has 29 heavy (non-hydrogen) atoms. The summed E-state index contributed by atoms with van der Waals surface area (Å²) in [5, 5.41) is 11.0. The van der Waals surface area contributed by atoms with Crippen molar-refractivity contribution < 1.29 is 17.9 Å². The summed E-state index contributed by atoms with van der Waals surface area (Å²) in [4.78, 5) is 12.8. The van der Waals surface area contributed by atoms with Crippen LogP contribution in [0.1, 0.15) is 26.3 Å². The third-order valence-corrected chi connectivity index (χ3v) is 7.46. The van der Waals surface area contributed by atoms with Crippen molar-refractivity contribution >= 4 is 49.8 Å². The van der Waals surface area contributed by atoms with E-state index < -0.39 is 22.0 Å². The van der Waals surface area contributed by atoms with Crippen molar-refractivity contribution in [2.45, 2.75) is 38.1 Å². The molecule has 0 spiro atoms. The fourth-order valence-electron chi connectivity index (χ4n) is 2.52. The molecule has 2 aromatic rings. The summed E-state index contributed by atoms with van der Waals surface area (Å²) in [6, 6.07) is 4.15. The molecular weight excluding hydrogens is 432 g/mol. The predicted octanol–water partition coefficient (Wildman–Crippen LogP) is 3.40. The van der Waals surface area contributed by atoms with Gasteiger partial charge in [-0.2, -0.15) is 0 Å². The van der Waals surface area contributed by atoms with Crippen molar-refractivity contribution in [2.24, 2.45) is 5.92 Å². The first-order chi connectivity index (χ1) is 13.5. The van der Waals surface area contributed by atoms with Gasteiger partial charge >= 0.3 is 0 Å². The van der Waals surface area contributed by atoms with Gasteiger partial charge in [0, 0.05) is 5.75 Å². The van der Waals surface area contributed by atoms with Crippen LogP contribution in [-0.4, -0.2) is 49.7 Å². The minimum atomic E-state index is -3.76. The Morgan fingerprint density at radius 3 is 2.59 bits per heavy atom. The second-order valence-electron chi connectivity index (χ2n) is 6.98. The molecule has 2 rings (SSSR count). The van der Waals surface area contributed by atoms with Crippen LogP contribution in [0.15, 0.2) is 22.5 Å². The third-order valence-electron chi connectivity index (χ3n) is 3.84.